The molecule has 0 radical (unpaired) electrons. The summed E-state index contributed by atoms with van der Waals surface area (Å²) in [6.45, 7) is 3.47. The lowest BCUT2D eigenvalue weighted by molar-refractivity contribution is 0.184. The number of hydrogen-bond acceptors (Lipinski definition) is 2. The molecule has 0 aliphatic heterocycles. The van der Waals surface area contributed by atoms with E-state index in [9.17, 15) is 0 Å². The lowest BCUT2D eigenvalue weighted by Crippen LogP contribution is -2.19. The van der Waals surface area contributed by atoms with Crippen LogP contribution in [0.1, 0.15) is 29.7 Å². The molecule has 4 heteroatoms. The highest BCUT2D eigenvalue weighted by atomic mass is 35.5. The quantitative estimate of drug-likeness (QED) is 0.808. The topological polar surface area (TPSA) is 21.3 Å². The predicted octanol–water partition coefficient (Wildman–Crippen LogP) is 4.99. The normalized spacial score (nSPS) is 12.4. The van der Waals surface area contributed by atoms with E-state index in [0.29, 0.717) is 16.7 Å². The van der Waals surface area contributed by atoms with Crippen molar-refractivity contribution in [3.63, 3.8) is 0 Å². The largest absolute Gasteiger partial charge is 0.380 e. The molecule has 1 N–H and O–H groups in total. The molecule has 2 aromatic rings. The third kappa shape index (κ3) is 4.45. The Morgan fingerprint density at radius 1 is 1.10 bits per heavy atom. The summed E-state index contributed by atoms with van der Waals surface area (Å²) in [5, 5.41) is 4.83. The monoisotopic (exact) mass is 323 g/mol. The molecule has 2 nitrogen and oxygen atoms in total. The molecule has 112 valence electrons. The standard InChI is InChI=1S/C17H19Cl2NO/c1-12(16-8-7-15(18)9-17(16)19)20-10-13-5-3-4-6-14(13)11-21-2/h3-9,12,20H,10-11H2,1-2H3. The molecule has 0 saturated carbocycles. The summed E-state index contributed by atoms with van der Waals surface area (Å²) < 4.78 is 5.23. The Morgan fingerprint density at radius 3 is 2.48 bits per heavy atom. The average molecular weight is 324 g/mol. The molecule has 0 aromatic heterocycles. The van der Waals surface area contributed by atoms with Crippen LogP contribution in [-0.2, 0) is 17.9 Å². The molecular formula is C17H19Cl2NO. The number of halogens is 2. The molecule has 1 atom stereocenters. The van der Waals surface area contributed by atoms with Crippen molar-refractivity contribution in [1.29, 1.82) is 0 Å². The van der Waals surface area contributed by atoms with E-state index < -0.39 is 0 Å². The van der Waals surface area contributed by atoms with Crippen LogP contribution in [0.3, 0.4) is 0 Å². The van der Waals surface area contributed by atoms with Crippen LogP contribution >= 0.6 is 23.2 Å². The summed E-state index contributed by atoms with van der Waals surface area (Å²) in [5.74, 6) is 0. The van der Waals surface area contributed by atoms with E-state index in [2.05, 4.69) is 24.4 Å². The average Bonchev–Trinajstić information content (AvgIpc) is 2.46. The Kier molecular flexibility index (Phi) is 6.07. The first-order chi connectivity index (χ1) is 10.1. The van der Waals surface area contributed by atoms with Crippen molar-refractivity contribution in [2.24, 2.45) is 0 Å². The van der Waals surface area contributed by atoms with Crippen LogP contribution in [0.5, 0.6) is 0 Å². The molecule has 0 heterocycles. The smallest absolute Gasteiger partial charge is 0.0716 e. The Balaban J connectivity index is 2.05. The maximum Gasteiger partial charge on any atom is 0.0716 e. The molecule has 21 heavy (non-hydrogen) atoms. The van der Waals surface area contributed by atoms with Crippen molar-refractivity contribution in [2.45, 2.75) is 26.1 Å². The van der Waals surface area contributed by atoms with Gasteiger partial charge in [0, 0.05) is 29.7 Å². The summed E-state index contributed by atoms with van der Waals surface area (Å²) in [5.41, 5.74) is 3.48. The third-order valence-electron chi connectivity index (χ3n) is 3.45. The van der Waals surface area contributed by atoms with Gasteiger partial charge in [-0.1, -0.05) is 53.5 Å². The highest BCUT2D eigenvalue weighted by molar-refractivity contribution is 6.35. The highest BCUT2D eigenvalue weighted by Crippen LogP contribution is 2.26. The minimum Gasteiger partial charge on any atom is -0.380 e. The van der Waals surface area contributed by atoms with E-state index in [4.69, 9.17) is 27.9 Å². The van der Waals surface area contributed by atoms with E-state index in [1.807, 2.05) is 24.3 Å². The third-order valence-corrected chi connectivity index (χ3v) is 4.01. The molecule has 0 fully saturated rings. The summed E-state index contributed by atoms with van der Waals surface area (Å²) in [6.07, 6.45) is 0. The Labute approximate surface area is 136 Å². The van der Waals surface area contributed by atoms with Gasteiger partial charge in [0.1, 0.15) is 0 Å². The van der Waals surface area contributed by atoms with E-state index in [-0.39, 0.29) is 6.04 Å². The lowest BCUT2D eigenvalue weighted by Gasteiger charge is -2.17. The van der Waals surface area contributed by atoms with Crippen LogP contribution in [0.25, 0.3) is 0 Å². The van der Waals surface area contributed by atoms with Gasteiger partial charge in [-0.2, -0.15) is 0 Å². The fourth-order valence-electron chi connectivity index (χ4n) is 2.25. The minimum atomic E-state index is 0.144. The van der Waals surface area contributed by atoms with Crippen molar-refractivity contribution in [1.82, 2.24) is 5.32 Å². The zero-order chi connectivity index (χ0) is 15.2. The maximum atomic E-state index is 6.24. The second kappa shape index (κ2) is 7.81. The van der Waals surface area contributed by atoms with Crippen molar-refractivity contribution >= 4 is 23.2 Å². The fourth-order valence-corrected chi connectivity index (χ4v) is 2.82. The SMILES string of the molecule is COCc1ccccc1CNC(C)c1ccc(Cl)cc1Cl. The fraction of sp³-hybridized carbons (Fsp3) is 0.294. The minimum absolute atomic E-state index is 0.144. The summed E-state index contributed by atoms with van der Waals surface area (Å²) >= 11 is 12.2. The van der Waals surface area contributed by atoms with Gasteiger partial charge < -0.3 is 10.1 Å². The van der Waals surface area contributed by atoms with Crippen LogP contribution in [0.4, 0.5) is 0 Å². The van der Waals surface area contributed by atoms with Crippen molar-refractivity contribution in [3.05, 3.63) is 69.2 Å². The van der Waals surface area contributed by atoms with Gasteiger partial charge in [-0.25, -0.2) is 0 Å². The number of methoxy groups -OCH3 is 1. The zero-order valence-electron chi connectivity index (χ0n) is 12.2. The first kappa shape index (κ1) is 16.3. The van der Waals surface area contributed by atoms with Crippen molar-refractivity contribution in [2.75, 3.05) is 7.11 Å². The predicted molar refractivity (Wildman–Crippen MR) is 88.9 cm³/mol. The van der Waals surface area contributed by atoms with Crippen molar-refractivity contribution in [3.8, 4) is 0 Å². The van der Waals surface area contributed by atoms with Gasteiger partial charge in [-0.05, 0) is 35.7 Å². The number of ether oxygens (including phenoxy) is 1. The van der Waals surface area contributed by atoms with Gasteiger partial charge in [0.2, 0.25) is 0 Å². The molecule has 0 saturated heterocycles. The molecule has 0 amide bonds. The molecular weight excluding hydrogens is 305 g/mol. The molecule has 2 rings (SSSR count). The van der Waals surface area contributed by atoms with Gasteiger partial charge >= 0.3 is 0 Å². The Hall–Kier alpha value is -1.06. The Bertz CT molecular complexity index is 601. The number of rotatable bonds is 6. The van der Waals surface area contributed by atoms with Crippen LogP contribution in [0.15, 0.2) is 42.5 Å². The van der Waals surface area contributed by atoms with Gasteiger partial charge in [0.15, 0.2) is 0 Å². The summed E-state index contributed by atoms with van der Waals surface area (Å²) in [6, 6.07) is 14.0. The number of benzene rings is 2. The van der Waals surface area contributed by atoms with Gasteiger partial charge in [0.25, 0.3) is 0 Å². The van der Waals surface area contributed by atoms with Crippen LogP contribution < -0.4 is 5.32 Å². The number of nitrogens with one attached hydrogen (secondary N) is 1. The van der Waals surface area contributed by atoms with Gasteiger partial charge in [-0.15, -0.1) is 0 Å². The molecule has 0 bridgehead atoms. The molecule has 0 aliphatic rings. The lowest BCUT2D eigenvalue weighted by atomic mass is 10.1. The Morgan fingerprint density at radius 2 is 1.81 bits per heavy atom. The van der Waals surface area contributed by atoms with E-state index >= 15 is 0 Å². The second-order valence-electron chi connectivity index (χ2n) is 4.97. The van der Waals surface area contributed by atoms with Crippen LogP contribution in [0, 0.1) is 0 Å². The van der Waals surface area contributed by atoms with Gasteiger partial charge in [-0.3, -0.25) is 0 Å². The summed E-state index contributed by atoms with van der Waals surface area (Å²) in [4.78, 5) is 0. The number of hydrogen-bond donors (Lipinski definition) is 1. The molecule has 2 aromatic carbocycles. The van der Waals surface area contributed by atoms with Gasteiger partial charge in [0.05, 0.1) is 6.61 Å². The first-order valence-corrected chi connectivity index (χ1v) is 7.61. The molecule has 0 aliphatic carbocycles. The zero-order valence-corrected chi connectivity index (χ0v) is 13.7. The second-order valence-corrected chi connectivity index (χ2v) is 5.81. The van der Waals surface area contributed by atoms with E-state index in [1.54, 1.807) is 13.2 Å². The van der Waals surface area contributed by atoms with Crippen molar-refractivity contribution < 1.29 is 4.74 Å². The van der Waals surface area contributed by atoms with E-state index in [1.165, 1.54) is 11.1 Å². The maximum absolute atomic E-state index is 6.24. The highest BCUT2D eigenvalue weighted by Gasteiger charge is 2.10. The molecule has 1 unspecified atom stereocenters. The summed E-state index contributed by atoms with van der Waals surface area (Å²) in [7, 11) is 1.71. The van der Waals surface area contributed by atoms with Crippen LogP contribution in [0.2, 0.25) is 10.0 Å². The molecule has 0 spiro atoms. The first-order valence-electron chi connectivity index (χ1n) is 6.86. The van der Waals surface area contributed by atoms with E-state index in [0.717, 1.165) is 12.1 Å². The van der Waals surface area contributed by atoms with Crippen LogP contribution in [-0.4, -0.2) is 7.11 Å².